The summed E-state index contributed by atoms with van der Waals surface area (Å²) in [5.74, 6) is -2.17. The van der Waals surface area contributed by atoms with Crippen LogP contribution in [0.5, 0.6) is 0 Å². The number of nitrogens with zero attached hydrogens (tertiary/aromatic N) is 2. The third-order valence-corrected chi connectivity index (χ3v) is 4.11. The molecule has 2 amide bonds. The number of halogens is 3. The Morgan fingerprint density at radius 2 is 1.55 bits per heavy atom. The molecule has 2 aliphatic heterocycles. The normalized spacial score (nSPS) is 25.1. The van der Waals surface area contributed by atoms with Crippen molar-refractivity contribution in [2.45, 2.75) is 32.4 Å². The van der Waals surface area contributed by atoms with Gasteiger partial charge in [0.25, 0.3) is 0 Å². The maximum absolute atomic E-state index is 12.3. The molecule has 2 aliphatic rings. The first kappa shape index (κ1) is 15.1. The second-order valence-electron chi connectivity index (χ2n) is 5.75. The summed E-state index contributed by atoms with van der Waals surface area (Å²) in [6.45, 7) is 3.95. The molecule has 0 aromatic heterocycles. The van der Waals surface area contributed by atoms with Crippen molar-refractivity contribution in [1.29, 1.82) is 0 Å². The van der Waals surface area contributed by atoms with Gasteiger partial charge in [-0.3, -0.25) is 4.79 Å². The Labute approximate surface area is 115 Å². The van der Waals surface area contributed by atoms with Crippen LogP contribution in [0.1, 0.15) is 26.2 Å². The van der Waals surface area contributed by atoms with Gasteiger partial charge in [-0.2, -0.15) is 13.2 Å². The first-order valence-corrected chi connectivity index (χ1v) is 6.94. The van der Waals surface area contributed by atoms with Crippen LogP contribution in [0.4, 0.5) is 18.0 Å². The van der Waals surface area contributed by atoms with Crippen LogP contribution in [-0.4, -0.2) is 54.0 Å². The van der Waals surface area contributed by atoms with E-state index in [4.69, 9.17) is 0 Å². The van der Waals surface area contributed by atoms with Gasteiger partial charge in [0.05, 0.1) is 0 Å². The predicted octanol–water partition coefficient (Wildman–Crippen LogP) is 2.29. The van der Waals surface area contributed by atoms with Crippen molar-refractivity contribution < 1.29 is 22.8 Å². The molecule has 0 spiro atoms. The molecule has 7 heteroatoms. The van der Waals surface area contributed by atoms with Crippen molar-refractivity contribution in [2.75, 3.05) is 26.2 Å². The number of ketones is 1. The molecule has 1 unspecified atom stereocenters. The number of carbonyl (C=O) groups excluding carboxylic acids is 2. The highest BCUT2D eigenvalue weighted by atomic mass is 19.4. The number of urea groups is 1. The first-order valence-electron chi connectivity index (χ1n) is 6.94. The first-order chi connectivity index (χ1) is 9.29. The number of carbonyl (C=O) groups is 2. The Morgan fingerprint density at radius 1 is 1.00 bits per heavy atom. The predicted molar refractivity (Wildman–Crippen MR) is 66.1 cm³/mol. The van der Waals surface area contributed by atoms with Crippen molar-refractivity contribution in [2.24, 2.45) is 11.8 Å². The zero-order valence-electron chi connectivity index (χ0n) is 11.4. The molecule has 0 bridgehead atoms. The topological polar surface area (TPSA) is 40.6 Å². The molecule has 0 aromatic carbocycles. The fourth-order valence-corrected chi connectivity index (χ4v) is 2.87. The number of likely N-dealkylation sites (tertiary alicyclic amines) is 2. The number of rotatable bonds is 1. The maximum Gasteiger partial charge on any atom is 0.450 e. The summed E-state index contributed by atoms with van der Waals surface area (Å²) in [6, 6.07) is -0.104. The van der Waals surface area contributed by atoms with Gasteiger partial charge in [0.1, 0.15) is 0 Å². The van der Waals surface area contributed by atoms with Gasteiger partial charge in [0, 0.05) is 32.1 Å². The molecule has 114 valence electrons. The molecule has 2 heterocycles. The Balaban J connectivity index is 1.85. The van der Waals surface area contributed by atoms with Crippen LogP contribution in [-0.2, 0) is 4.79 Å². The van der Waals surface area contributed by atoms with Crippen molar-refractivity contribution in [3.63, 3.8) is 0 Å². The van der Waals surface area contributed by atoms with Crippen LogP contribution in [0, 0.1) is 11.8 Å². The Bertz CT molecular complexity index is 390. The molecule has 2 saturated heterocycles. The molecular formula is C13H19F3N2O2. The minimum absolute atomic E-state index is 0.104. The fourth-order valence-electron chi connectivity index (χ4n) is 2.87. The van der Waals surface area contributed by atoms with E-state index >= 15 is 0 Å². The Morgan fingerprint density at radius 3 is 2.00 bits per heavy atom. The average molecular weight is 292 g/mol. The van der Waals surface area contributed by atoms with E-state index in [1.54, 1.807) is 9.80 Å². The molecule has 2 rings (SSSR count). The number of hydrogen-bond acceptors (Lipinski definition) is 2. The van der Waals surface area contributed by atoms with Crippen LogP contribution in [0.2, 0.25) is 0 Å². The van der Waals surface area contributed by atoms with E-state index in [-0.39, 0.29) is 32.0 Å². The zero-order chi connectivity index (χ0) is 14.9. The van der Waals surface area contributed by atoms with E-state index in [1.165, 1.54) is 0 Å². The van der Waals surface area contributed by atoms with Gasteiger partial charge < -0.3 is 9.80 Å². The van der Waals surface area contributed by atoms with Crippen LogP contribution < -0.4 is 0 Å². The van der Waals surface area contributed by atoms with E-state index < -0.39 is 17.9 Å². The summed E-state index contributed by atoms with van der Waals surface area (Å²) in [4.78, 5) is 26.6. The minimum atomic E-state index is -4.76. The van der Waals surface area contributed by atoms with E-state index in [1.807, 2.05) is 0 Å². The fraction of sp³-hybridized carbons (Fsp3) is 0.846. The lowest BCUT2D eigenvalue weighted by Crippen LogP contribution is -2.47. The smallest absolute Gasteiger partial charge is 0.325 e. The molecule has 1 atom stereocenters. The van der Waals surface area contributed by atoms with E-state index in [9.17, 15) is 22.8 Å². The van der Waals surface area contributed by atoms with Crippen LogP contribution >= 0.6 is 0 Å². The lowest BCUT2D eigenvalue weighted by molar-refractivity contribution is -0.176. The van der Waals surface area contributed by atoms with Gasteiger partial charge in [0.15, 0.2) is 0 Å². The lowest BCUT2D eigenvalue weighted by Gasteiger charge is -2.34. The van der Waals surface area contributed by atoms with E-state index in [0.717, 1.165) is 6.42 Å². The highest BCUT2D eigenvalue weighted by Crippen LogP contribution is 2.28. The van der Waals surface area contributed by atoms with Crippen molar-refractivity contribution in [1.82, 2.24) is 9.80 Å². The molecule has 0 N–H and O–H groups in total. The van der Waals surface area contributed by atoms with E-state index in [2.05, 4.69) is 6.92 Å². The second-order valence-corrected chi connectivity index (χ2v) is 5.75. The van der Waals surface area contributed by atoms with Crippen LogP contribution in [0.3, 0.4) is 0 Å². The highest BCUT2D eigenvalue weighted by Gasteiger charge is 2.44. The van der Waals surface area contributed by atoms with E-state index in [0.29, 0.717) is 19.0 Å². The monoisotopic (exact) mass is 292 g/mol. The summed E-state index contributed by atoms with van der Waals surface area (Å²) < 4.78 is 37.0. The van der Waals surface area contributed by atoms with Gasteiger partial charge in [-0.1, -0.05) is 6.92 Å². The SMILES string of the molecule is CC1CCN(C(=O)N2CCC(C(=O)C(F)(F)F)CC2)C1. The second kappa shape index (κ2) is 5.61. The molecule has 0 aliphatic carbocycles. The third kappa shape index (κ3) is 3.24. The number of alkyl halides is 3. The van der Waals surface area contributed by atoms with Gasteiger partial charge in [-0.05, 0) is 25.2 Å². The lowest BCUT2D eigenvalue weighted by atomic mass is 9.92. The summed E-state index contributed by atoms with van der Waals surface area (Å²) in [5.41, 5.74) is 0. The van der Waals surface area contributed by atoms with Crippen molar-refractivity contribution in [3.05, 3.63) is 0 Å². The number of hydrogen-bond donors (Lipinski definition) is 0. The number of amides is 2. The molecule has 4 nitrogen and oxygen atoms in total. The Hall–Kier alpha value is -1.27. The van der Waals surface area contributed by atoms with Gasteiger partial charge in [-0.25, -0.2) is 4.79 Å². The third-order valence-electron chi connectivity index (χ3n) is 4.11. The number of Topliss-reactive ketones (excluding diaryl/α,β-unsaturated/α-hetero) is 1. The quantitative estimate of drug-likeness (QED) is 0.744. The summed E-state index contributed by atoms with van der Waals surface area (Å²) in [7, 11) is 0. The Kier molecular flexibility index (Phi) is 4.25. The molecule has 0 aromatic rings. The van der Waals surface area contributed by atoms with Crippen molar-refractivity contribution >= 4 is 11.8 Å². The molecule has 0 radical (unpaired) electrons. The average Bonchev–Trinajstić information content (AvgIpc) is 2.83. The number of piperidine rings is 1. The molecule has 20 heavy (non-hydrogen) atoms. The van der Waals surface area contributed by atoms with Gasteiger partial charge in [-0.15, -0.1) is 0 Å². The molecule has 0 saturated carbocycles. The molecular weight excluding hydrogens is 273 g/mol. The standard InChI is InChI=1S/C13H19F3N2O2/c1-9-2-5-18(8-9)12(20)17-6-3-10(4-7-17)11(19)13(14,15)16/h9-10H,2-8H2,1H3. The summed E-state index contributed by atoms with van der Waals surface area (Å²) in [6.07, 6.45) is -3.59. The van der Waals surface area contributed by atoms with Gasteiger partial charge >= 0.3 is 12.2 Å². The van der Waals surface area contributed by atoms with Gasteiger partial charge in [0.2, 0.25) is 5.78 Å². The minimum Gasteiger partial charge on any atom is -0.325 e. The maximum atomic E-state index is 12.3. The van der Waals surface area contributed by atoms with Crippen LogP contribution in [0.25, 0.3) is 0 Å². The van der Waals surface area contributed by atoms with Crippen LogP contribution in [0.15, 0.2) is 0 Å². The molecule has 2 fully saturated rings. The largest absolute Gasteiger partial charge is 0.450 e. The summed E-state index contributed by atoms with van der Waals surface area (Å²) >= 11 is 0. The zero-order valence-corrected chi connectivity index (χ0v) is 11.4. The highest BCUT2D eigenvalue weighted by molar-refractivity contribution is 5.86. The summed E-state index contributed by atoms with van der Waals surface area (Å²) in [5, 5.41) is 0. The van der Waals surface area contributed by atoms with Crippen molar-refractivity contribution in [3.8, 4) is 0 Å².